The molecule has 1 heterocycles. The van der Waals surface area contributed by atoms with Gasteiger partial charge in [0.15, 0.2) is 0 Å². The third kappa shape index (κ3) is 1.62. The molecule has 0 aliphatic carbocycles. The Morgan fingerprint density at radius 1 is 1.70 bits per heavy atom. The van der Waals surface area contributed by atoms with Gasteiger partial charge in [-0.2, -0.15) is 0 Å². The monoisotopic (exact) mass is 138 g/mol. The van der Waals surface area contributed by atoms with E-state index in [0.717, 1.165) is 5.69 Å². The fraction of sp³-hybridized carbons (Fsp3) is 0.286. The number of carbonyl (C=O) groups excluding carboxylic acids is 1. The van der Waals surface area contributed by atoms with E-state index in [0.29, 0.717) is 12.2 Å². The summed E-state index contributed by atoms with van der Waals surface area (Å²) in [5.41, 5.74) is 6.27. The van der Waals surface area contributed by atoms with Gasteiger partial charge in [-0.25, -0.2) is 0 Å². The Balaban J connectivity index is 2.67. The van der Waals surface area contributed by atoms with Gasteiger partial charge in [-0.05, 0) is 19.1 Å². The quantitative estimate of drug-likeness (QED) is 0.632. The molecule has 0 amide bonds. The van der Waals surface area contributed by atoms with Gasteiger partial charge >= 0.3 is 0 Å². The Hall–Kier alpha value is -1.25. The molecule has 0 aliphatic heterocycles. The lowest BCUT2D eigenvalue weighted by molar-refractivity contribution is -0.116. The first-order valence-corrected chi connectivity index (χ1v) is 3.11. The zero-order valence-electron chi connectivity index (χ0n) is 5.85. The van der Waals surface area contributed by atoms with Gasteiger partial charge in [-0.1, -0.05) is 0 Å². The minimum Gasteiger partial charge on any atom is -0.385 e. The number of anilines is 1. The van der Waals surface area contributed by atoms with E-state index in [4.69, 9.17) is 5.73 Å². The summed E-state index contributed by atoms with van der Waals surface area (Å²) >= 11 is 0. The average molecular weight is 138 g/mol. The molecule has 3 nitrogen and oxygen atoms in total. The van der Waals surface area contributed by atoms with Crippen LogP contribution in [0.25, 0.3) is 0 Å². The van der Waals surface area contributed by atoms with Gasteiger partial charge in [-0.3, -0.25) is 4.79 Å². The van der Waals surface area contributed by atoms with Crippen molar-refractivity contribution in [3.63, 3.8) is 0 Å². The van der Waals surface area contributed by atoms with Crippen molar-refractivity contribution in [3.05, 3.63) is 17.8 Å². The summed E-state index contributed by atoms with van der Waals surface area (Å²) in [4.78, 5) is 13.4. The van der Waals surface area contributed by atoms with E-state index in [2.05, 4.69) is 4.98 Å². The molecule has 10 heavy (non-hydrogen) atoms. The lowest BCUT2D eigenvalue weighted by Crippen LogP contribution is -1.96. The van der Waals surface area contributed by atoms with Gasteiger partial charge < -0.3 is 10.7 Å². The molecule has 0 spiro atoms. The molecule has 0 saturated carbocycles. The minimum absolute atomic E-state index is 0.141. The van der Waals surface area contributed by atoms with E-state index < -0.39 is 0 Å². The van der Waals surface area contributed by atoms with Crippen LogP contribution in [0.4, 0.5) is 5.82 Å². The minimum atomic E-state index is 0.141. The molecule has 1 aromatic heterocycles. The maximum Gasteiger partial charge on any atom is 0.135 e. The Bertz CT molecular complexity index is 240. The van der Waals surface area contributed by atoms with Crippen LogP contribution in [0.1, 0.15) is 12.6 Å². The SMILES string of the molecule is CC(=O)Cc1ccc(N)[nH]1. The van der Waals surface area contributed by atoms with Crippen molar-refractivity contribution in [1.29, 1.82) is 0 Å². The summed E-state index contributed by atoms with van der Waals surface area (Å²) in [7, 11) is 0. The Morgan fingerprint density at radius 2 is 2.40 bits per heavy atom. The van der Waals surface area contributed by atoms with Crippen LogP contribution in [0.15, 0.2) is 12.1 Å². The summed E-state index contributed by atoms with van der Waals surface area (Å²) < 4.78 is 0. The first-order valence-electron chi connectivity index (χ1n) is 3.11. The highest BCUT2D eigenvalue weighted by molar-refractivity contribution is 5.77. The van der Waals surface area contributed by atoms with Crippen LogP contribution in [-0.2, 0) is 11.2 Å². The molecule has 0 saturated heterocycles. The molecule has 0 radical (unpaired) electrons. The van der Waals surface area contributed by atoms with Crippen molar-refractivity contribution >= 4 is 11.6 Å². The van der Waals surface area contributed by atoms with Gasteiger partial charge in [0.25, 0.3) is 0 Å². The topological polar surface area (TPSA) is 58.9 Å². The molecular weight excluding hydrogens is 128 g/mol. The van der Waals surface area contributed by atoms with Gasteiger partial charge in [-0.15, -0.1) is 0 Å². The third-order valence-corrected chi connectivity index (χ3v) is 1.21. The van der Waals surface area contributed by atoms with Crippen LogP contribution >= 0.6 is 0 Å². The molecule has 0 aromatic carbocycles. The van der Waals surface area contributed by atoms with E-state index in [1.807, 2.05) is 6.07 Å². The second kappa shape index (κ2) is 2.56. The molecule has 54 valence electrons. The van der Waals surface area contributed by atoms with Crippen LogP contribution in [-0.4, -0.2) is 10.8 Å². The zero-order chi connectivity index (χ0) is 7.56. The molecule has 0 atom stereocenters. The normalized spacial score (nSPS) is 9.70. The van der Waals surface area contributed by atoms with Gasteiger partial charge in [0.05, 0.1) is 0 Å². The van der Waals surface area contributed by atoms with Gasteiger partial charge in [0, 0.05) is 12.1 Å². The molecule has 1 aromatic rings. The van der Waals surface area contributed by atoms with Crippen molar-refractivity contribution in [3.8, 4) is 0 Å². The Morgan fingerprint density at radius 3 is 2.80 bits per heavy atom. The number of nitrogens with one attached hydrogen (secondary N) is 1. The molecule has 0 bridgehead atoms. The highest BCUT2D eigenvalue weighted by Crippen LogP contribution is 2.03. The maximum atomic E-state index is 10.6. The van der Waals surface area contributed by atoms with Gasteiger partial charge in [0.2, 0.25) is 0 Å². The first-order chi connectivity index (χ1) is 4.68. The van der Waals surface area contributed by atoms with E-state index in [-0.39, 0.29) is 5.78 Å². The van der Waals surface area contributed by atoms with E-state index in [9.17, 15) is 4.79 Å². The number of rotatable bonds is 2. The molecule has 0 aliphatic rings. The Labute approximate surface area is 59.2 Å². The van der Waals surface area contributed by atoms with Crippen molar-refractivity contribution < 1.29 is 4.79 Å². The van der Waals surface area contributed by atoms with Gasteiger partial charge in [0.1, 0.15) is 11.6 Å². The fourth-order valence-electron chi connectivity index (χ4n) is 0.830. The number of nitrogen functional groups attached to an aromatic ring is 1. The maximum absolute atomic E-state index is 10.6. The lowest BCUT2D eigenvalue weighted by atomic mass is 10.2. The summed E-state index contributed by atoms with van der Waals surface area (Å²) in [6.07, 6.45) is 0.442. The summed E-state index contributed by atoms with van der Waals surface area (Å²) in [6.45, 7) is 1.55. The number of hydrogen-bond donors (Lipinski definition) is 2. The van der Waals surface area contributed by atoms with Crippen molar-refractivity contribution in [2.75, 3.05) is 5.73 Å². The smallest absolute Gasteiger partial charge is 0.135 e. The van der Waals surface area contributed by atoms with Crippen LogP contribution < -0.4 is 5.73 Å². The van der Waals surface area contributed by atoms with Crippen LogP contribution in [0.3, 0.4) is 0 Å². The molecular formula is C7H10N2O. The fourth-order valence-corrected chi connectivity index (χ4v) is 0.830. The van der Waals surface area contributed by atoms with Crippen molar-refractivity contribution in [2.24, 2.45) is 0 Å². The highest BCUT2D eigenvalue weighted by Gasteiger charge is 1.97. The van der Waals surface area contributed by atoms with Crippen molar-refractivity contribution in [1.82, 2.24) is 4.98 Å². The number of aromatic amines is 1. The van der Waals surface area contributed by atoms with Crippen molar-refractivity contribution in [2.45, 2.75) is 13.3 Å². The Kier molecular flexibility index (Phi) is 1.76. The zero-order valence-corrected chi connectivity index (χ0v) is 5.85. The number of aromatic nitrogens is 1. The lowest BCUT2D eigenvalue weighted by Gasteiger charge is -1.89. The second-order valence-electron chi connectivity index (χ2n) is 2.32. The molecule has 3 N–H and O–H groups in total. The van der Waals surface area contributed by atoms with Crippen LogP contribution in [0, 0.1) is 0 Å². The number of carbonyl (C=O) groups is 1. The number of ketones is 1. The number of Topliss-reactive ketones (excluding diaryl/α,β-unsaturated/α-hetero) is 1. The highest BCUT2D eigenvalue weighted by atomic mass is 16.1. The van der Waals surface area contributed by atoms with E-state index in [1.54, 1.807) is 13.0 Å². The number of hydrogen-bond acceptors (Lipinski definition) is 2. The predicted octanol–water partition coefficient (Wildman–Crippen LogP) is 0.728. The number of nitrogens with two attached hydrogens (primary N) is 1. The summed E-state index contributed by atoms with van der Waals surface area (Å²) in [5, 5.41) is 0. The van der Waals surface area contributed by atoms with Crippen LogP contribution in [0.5, 0.6) is 0 Å². The summed E-state index contributed by atoms with van der Waals surface area (Å²) in [6, 6.07) is 3.56. The third-order valence-electron chi connectivity index (χ3n) is 1.21. The molecule has 3 heteroatoms. The van der Waals surface area contributed by atoms with Crippen LogP contribution in [0.2, 0.25) is 0 Å². The number of H-pyrrole nitrogens is 1. The largest absolute Gasteiger partial charge is 0.385 e. The predicted molar refractivity (Wildman–Crippen MR) is 39.6 cm³/mol. The first kappa shape index (κ1) is 6.86. The molecule has 0 unspecified atom stereocenters. The molecule has 0 fully saturated rings. The standard InChI is InChI=1S/C7H10N2O/c1-5(10)4-6-2-3-7(8)9-6/h2-3,9H,4,8H2,1H3. The second-order valence-corrected chi connectivity index (χ2v) is 2.32. The summed E-state index contributed by atoms with van der Waals surface area (Å²) in [5.74, 6) is 0.748. The average Bonchev–Trinajstić information content (AvgIpc) is 2.13. The van der Waals surface area contributed by atoms with E-state index >= 15 is 0 Å². The van der Waals surface area contributed by atoms with E-state index in [1.165, 1.54) is 0 Å². The molecule has 1 rings (SSSR count).